The molecule has 1 heterocycles. The van der Waals surface area contributed by atoms with Crippen molar-refractivity contribution < 1.29 is 18.3 Å². The van der Waals surface area contributed by atoms with Gasteiger partial charge in [-0.15, -0.1) is 0 Å². The predicted molar refractivity (Wildman–Crippen MR) is 95.2 cm³/mol. The van der Waals surface area contributed by atoms with Gasteiger partial charge in [0.05, 0.1) is 13.2 Å². The lowest BCUT2D eigenvalue weighted by Crippen LogP contribution is -2.49. The Morgan fingerprint density at radius 1 is 1.11 bits per heavy atom. The van der Waals surface area contributed by atoms with Crippen LogP contribution in [0.25, 0.3) is 0 Å². The Labute approximate surface area is 156 Å². The Kier molecular flexibility index (Phi) is 5.67. The summed E-state index contributed by atoms with van der Waals surface area (Å²) < 4.78 is 31.6. The molecule has 1 aliphatic heterocycles. The van der Waals surface area contributed by atoms with Crippen LogP contribution in [0.3, 0.4) is 0 Å². The minimum absolute atomic E-state index is 0.118. The smallest absolute Gasteiger partial charge is 0.254 e. The van der Waals surface area contributed by atoms with Gasteiger partial charge in [-0.05, 0) is 35.9 Å². The number of methoxy groups -OCH3 is 1. The summed E-state index contributed by atoms with van der Waals surface area (Å²) in [5, 5.41) is 9.61. The van der Waals surface area contributed by atoms with E-state index in [4.69, 9.17) is 4.74 Å². The van der Waals surface area contributed by atoms with Gasteiger partial charge in [-0.1, -0.05) is 12.1 Å². The fourth-order valence-electron chi connectivity index (χ4n) is 3.17. The van der Waals surface area contributed by atoms with Crippen molar-refractivity contribution in [3.8, 4) is 11.8 Å². The number of benzene rings is 2. The summed E-state index contributed by atoms with van der Waals surface area (Å²) in [6.07, 6.45) is 0. The van der Waals surface area contributed by atoms with Gasteiger partial charge in [0.15, 0.2) is 11.6 Å². The Hall–Kier alpha value is -2.98. The highest BCUT2D eigenvalue weighted by Gasteiger charge is 2.28. The topological polar surface area (TPSA) is 56.6 Å². The van der Waals surface area contributed by atoms with E-state index in [1.54, 1.807) is 12.0 Å². The zero-order chi connectivity index (χ0) is 19.4. The second kappa shape index (κ2) is 8.14. The molecule has 0 saturated carbocycles. The summed E-state index contributed by atoms with van der Waals surface area (Å²) in [6, 6.07) is 12.4. The van der Waals surface area contributed by atoms with Crippen molar-refractivity contribution in [1.29, 1.82) is 5.26 Å². The molecule has 7 heteroatoms. The van der Waals surface area contributed by atoms with Crippen LogP contribution < -0.4 is 4.74 Å². The Morgan fingerprint density at radius 2 is 1.85 bits per heavy atom. The van der Waals surface area contributed by atoms with Crippen molar-refractivity contribution in [2.45, 2.75) is 6.04 Å². The molecule has 0 aliphatic carbocycles. The first kappa shape index (κ1) is 18.8. The SMILES string of the molecule is COc1cccc(C(C#N)N2CCN(C(=O)c3ccc(F)c(F)c3)CC2)c1. The van der Waals surface area contributed by atoms with E-state index < -0.39 is 17.7 Å². The molecule has 3 rings (SSSR count). The lowest BCUT2D eigenvalue weighted by molar-refractivity contribution is 0.0605. The van der Waals surface area contributed by atoms with E-state index in [0.29, 0.717) is 31.9 Å². The number of amides is 1. The zero-order valence-electron chi connectivity index (χ0n) is 14.9. The standard InChI is InChI=1S/C20H19F2N3O2/c1-27-16-4-2-3-14(11-16)19(13-23)24-7-9-25(10-8-24)20(26)15-5-6-17(21)18(22)12-15/h2-6,11-12,19H,7-10H2,1H3. The van der Waals surface area contributed by atoms with E-state index in [9.17, 15) is 18.8 Å². The number of carbonyl (C=O) groups excluding carboxylic acids is 1. The number of hydrogen-bond acceptors (Lipinski definition) is 4. The highest BCUT2D eigenvalue weighted by Crippen LogP contribution is 2.25. The number of hydrogen-bond donors (Lipinski definition) is 0. The van der Waals surface area contributed by atoms with Crippen molar-refractivity contribution in [2.75, 3.05) is 33.3 Å². The quantitative estimate of drug-likeness (QED) is 0.829. The largest absolute Gasteiger partial charge is 0.497 e. The van der Waals surface area contributed by atoms with Gasteiger partial charge in [0.2, 0.25) is 0 Å². The number of rotatable bonds is 4. The lowest BCUT2D eigenvalue weighted by Gasteiger charge is -2.37. The highest BCUT2D eigenvalue weighted by atomic mass is 19.2. The van der Waals surface area contributed by atoms with Crippen molar-refractivity contribution in [2.24, 2.45) is 0 Å². The maximum atomic E-state index is 13.4. The van der Waals surface area contributed by atoms with Crippen LogP contribution in [0.4, 0.5) is 8.78 Å². The van der Waals surface area contributed by atoms with E-state index >= 15 is 0 Å². The van der Waals surface area contributed by atoms with Gasteiger partial charge in [-0.25, -0.2) is 8.78 Å². The third-order valence-corrected chi connectivity index (χ3v) is 4.66. The summed E-state index contributed by atoms with van der Waals surface area (Å²) in [6.45, 7) is 1.82. The number of piperazine rings is 1. The Bertz CT molecular complexity index is 874. The zero-order valence-corrected chi connectivity index (χ0v) is 14.9. The second-order valence-corrected chi connectivity index (χ2v) is 6.27. The first-order chi connectivity index (χ1) is 13.0. The third-order valence-electron chi connectivity index (χ3n) is 4.66. The average molecular weight is 371 g/mol. The summed E-state index contributed by atoms with van der Waals surface area (Å²) in [7, 11) is 1.57. The van der Waals surface area contributed by atoms with Crippen molar-refractivity contribution in [3.05, 3.63) is 65.2 Å². The molecule has 0 spiro atoms. The maximum absolute atomic E-state index is 13.4. The van der Waals surface area contributed by atoms with Gasteiger partial charge >= 0.3 is 0 Å². The van der Waals surface area contributed by atoms with Crippen molar-refractivity contribution >= 4 is 5.91 Å². The fraction of sp³-hybridized carbons (Fsp3) is 0.300. The molecular weight excluding hydrogens is 352 g/mol. The number of carbonyl (C=O) groups is 1. The molecule has 0 bridgehead atoms. The van der Waals surface area contributed by atoms with Gasteiger partial charge < -0.3 is 9.64 Å². The molecule has 2 aromatic rings. The van der Waals surface area contributed by atoms with Crippen LogP contribution in [0, 0.1) is 23.0 Å². The fourth-order valence-corrected chi connectivity index (χ4v) is 3.17. The third kappa shape index (κ3) is 4.07. The number of nitrogens with zero attached hydrogens (tertiary/aromatic N) is 3. The second-order valence-electron chi connectivity index (χ2n) is 6.27. The van der Waals surface area contributed by atoms with Gasteiger partial charge in [-0.3, -0.25) is 9.69 Å². The molecule has 1 fully saturated rings. The van der Waals surface area contributed by atoms with Crippen LogP contribution in [0.1, 0.15) is 22.0 Å². The summed E-state index contributed by atoms with van der Waals surface area (Å²) in [5.74, 6) is -1.68. The molecule has 1 atom stereocenters. The molecule has 27 heavy (non-hydrogen) atoms. The number of halogens is 2. The molecule has 1 amide bonds. The molecule has 0 radical (unpaired) electrons. The van der Waals surface area contributed by atoms with Gasteiger partial charge in [-0.2, -0.15) is 5.26 Å². The normalized spacial score (nSPS) is 15.9. The van der Waals surface area contributed by atoms with E-state index in [1.165, 1.54) is 6.07 Å². The maximum Gasteiger partial charge on any atom is 0.254 e. The highest BCUT2D eigenvalue weighted by molar-refractivity contribution is 5.94. The molecule has 5 nitrogen and oxygen atoms in total. The molecule has 0 N–H and O–H groups in total. The van der Waals surface area contributed by atoms with Crippen molar-refractivity contribution in [3.63, 3.8) is 0 Å². The lowest BCUT2D eigenvalue weighted by atomic mass is 10.0. The summed E-state index contributed by atoms with van der Waals surface area (Å²) >= 11 is 0. The monoisotopic (exact) mass is 371 g/mol. The molecule has 1 aliphatic rings. The minimum atomic E-state index is -1.04. The molecule has 0 aromatic heterocycles. The molecule has 2 aromatic carbocycles. The molecule has 1 saturated heterocycles. The van der Waals surface area contributed by atoms with E-state index in [0.717, 1.165) is 17.7 Å². The number of ether oxygens (including phenoxy) is 1. The van der Waals surface area contributed by atoms with Crippen LogP contribution in [0.5, 0.6) is 5.75 Å². The molecular formula is C20H19F2N3O2. The van der Waals surface area contributed by atoms with Crippen LogP contribution >= 0.6 is 0 Å². The van der Waals surface area contributed by atoms with E-state index in [2.05, 4.69) is 6.07 Å². The predicted octanol–water partition coefficient (Wildman–Crippen LogP) is 3.00. The van der Waals surface area contributed by atoms with Crippen LogP contribution in [0.15, 0.2) is 42.5 Å². The van der Waals surface area contributed by atoms with Gasteiger partial charge in [0.25, 0.3) is 5.91 Å². The minimum Gasteiger partial charge on any atom is -0.497 e. The summed E-state index contributed by atoms with van der Waals surface area (Å²) in [5.41, 5.74) is 0.948. The Morgan fingerprint density at radius 3 is 2.48 bits per heavy atom. The van der Waals surface area contributed by atoms with E-state index in [1.807, 2.05) is 29.2 Å². The average Bonchev–Trinajstić information content (AvgIpc) is 2.71. The van der Waals surface area contributed by atoms with Crippen molar-refractivity contribution in [1.82, 2.24) is 9.80 Å². The van der Waals surface area contributed by atoms with Gasteiger partial charge in [0, 0.05) is 31.7 Å². The Balaban J connectivity index is 1.67. The van der Waals surface area contributed by atoms with E-state index in [-0.39, 0.29) is 11.5 Å². The van der Waals surface area contributed by atoms with Crippen LogP contribution in [0.2, 0.25) is 0 Å². The molecule has 140 valence electrons. The van der Waals surface area contributed by atoms with Crippen LogP contribution in [-0.4, -0.2) is 49.0 Å². The summed E-state index contributed by atoms with van der Waals surface area (Å²) in [4.78, 5) is 16.1. The number of nitriles is 1. The molecule has 1 unspecified atom stereocenters. The van der Waals surface area contributed by atoms with Crippen LogP contribution in [-0.2, 0) is 0 Å². The van der Waals surface area contributed by atoms with Gasteiger partial charge in [0.1, 0.15) is 11.8 Å². The first-order valence-electron chi connectivity index (χ1n) is 8.55. The first-order valence-corrected chi connectivity index (χ1v) is 8.55.